The van der Waals surface area contributed by atoms with Crippen LogP contribution in [0.4, 0.5) is 0 Å². The third-order valence-corrected chi connectivity index (χ3v) is 3.99. The van der Waals surface area contributed by atoms with Crippen molar-refractivity contribution in [3.05, 3.63) is 22.2 Å². The minimum atomic E-state index is 0.0704. The van der Waals surface area contributed by atoms with Gasteiger partial charge in [-0.2, -0.15) is 0 Å². The maximum atomic E-state index is 9.03. The van der Waals surface area contributed by atoms with Gasteiger partial charge in [0.15, 0.2) is 0 Å². The zero-order chi connectivity index (χ0) is 15.2. The Kier molecular flexibility index (Phi) is 6.79. The lowest BCUT2D eigenvalue weighted by molar-refractivity contribution is 0.207. The van der Waals surface area contributed by atoms with Crippen molar-refractivity contribution in [1.29, 1.82) is 0 Å². The SMILES string of the molecule is COc1cc(Br)c(CNCC(C)(C)CCO)c(OC)c1. The first kappa shape index (κ1) is 17.3. The second-order valence-electron chi connectivity index (χ2n) is 5.53. The van der Waals surface area contributed by atoms with E-state index in [0.717, 1.165) is 34.5 Å². The molecule has 0 saturated heterocycles. The van der Waals surface area contributed by atoms with E-state index in [1.807, 2.05) is 12.1 Å². The average Bonchev–Trinajstić information content (AvgIpc) is 2.39. The van der Waals surface area contributed by atoms with Gasteiger partial charge in [-0.1, -0.05) is 29.8 Å². The maximum absolute atomic E-state index is 9.03. The highest BCUT2D eigenvalue weighted by Crippen LogP contribution is 2.32. The Balaban J connectivity index is 2.73. The van der Waals surface area contributed by atoms with E-state index >= 15 is 0 Å². The summed E-state index contributed by atoms with van der Waals surface area (Å²) < 4.78 is 11.6. The van der Waals surface area contributed by atoms with Gasteiger partial charge in [0.2, 0.25) is 0 Å². The smallest absolute Gasteiger partial charge is 0.128 e. The molecule has 0 aliphatic carbocycles. The number of rotatable bonds is 8. The molecule has 0 fully saturated rings. The number of aliphatic hydroxyl groups is 1. The molecule has 0 heterocycles. The van der Waals surface area contributed by atoms with Crippen LogP contribution >= 0.6 is 15.9 Å². The van der Waals surface area contributed by atoms with Gasteiger partial charge in [-0.3, -0.25) is 0 Å². The summed E-state index contributed by atoms with van der Waals surface area (Å²) in [7, 11) is 3.29. The first-order valence-corrected chi connectivity index (χ1v) is 7.45. The molecule has 0 unspecified atom stereocenters. The van der Waals surface area contributed by atoms with E-state index in [1.54, 1.807) is 14.2 Å². The molecule has 0 radical (unpaired) electrons. The molecule has 0 amide bonds. The zero-order valence-corrected chi connectivity index (χ0v) is 14.2. The topological polar surface area (TPSA) is 50.7 Å². The molecule has 0 spiro atoms. The normalized spacial score (nSPS) is 11.5. The van der Waals surface area contributed by atoms with Crippen molar-refractivity contribution in [3.8, 4) is 11.5 Å². The number of halogens is 1. The predicted molar refractivity (Wildman–Crippen MR) is 84.4 cm³/mol. The fourth-order valence-electron chi connectivity index (χ4n) is 1.98. The Bertz CT molecular complexity index is 435. The number of hydrogen-bond donors (Lipinski definition) is 2. The minimum Gasteiger partial charge on any atom is -0.497 e. The molecule has 1 rings (SSSR count). The third-order valence-electron chi connectivity index (χ3n) is 3.28. The molecular weight excluding hydrogens is 322 g/mol. The lowest BCUT2D eigenvalue weighted by atomic mass is 9.90. The van der Waals surface area contributed by atoms with Crippen LogP contribution in [0.2, 0.25) is 0 Å². The molecule has 1 aromatic carbocycles. The van der Waals surface area contributed by atoms with Crippen molar-refractivity contribution in [2.75, 3.05) is 27.4 Å². The number of ether oxygens (including phenoxy) is 2. The van der Waals surface area contributed by atoms with Crippen molar-refractivity contribution in [2.24, 2.45) is 5.41 Å². The van der Waals surface area contributed by atoms with Crippen molar-refractivity contribution >= 4 is 15.9 Å². The van der Waals surface area contributed by atoms with E-state index < -0.39 is 0 Å². The molecule has 1 aromatic rings. The summed E-state index contributed by atoms with van der Waals surface area (Å²) >= 11 is 3.55. The molecule has 20 heavy (non-hydrogen) atoms. The summed E-state index contributed by atoms with van der Waals surface area (Å²) in [5.74, 6) is 1.56. The summed E-state index contributed by atoms with van der Waals surface area (Å²) in [6, 6.07) is 3.80. The van der Waals surface area contributed by atoms with E-state index in [-0.39, 0.29) is 12.0 Å². The Morgan fingerprint density at radius 3 is 2.50 bits per heavy atom. The highest BCUT2D eigenvalue weighted by atomic mass is 79.9. The molecule has 0 saturated carbocycles. The lowest BCUT2D eigenvalue weighted by Gasteiger charge is -2.24. The van der Waals surface area contributed by atoms with Crippen LogP contribution in [-0.4, -0.2) is 32.5 Å². The molecule has 0 aliphatic heterocycles. The molecule has 4 nitrogen and oxygen atoms in total. The van der Waals surface area contributed by atoms with Crippen molar-refractivity contribution < 1.29 is 14.6 Å². The summed E-state index contributed by atoms with van der Waals surface area (Å²) in [6.07, 6.45) is 0.779. The Morgan fingerprint density at radius 2 is 1.95 bits per heavy atom. The van der Waals surface area contributed by atoms with Gasteiger partial charge in [0.1, 0.15) is 11.5 Å². The van der Waals surface area contributed by atoms with Gasteiger partial charge in [0.05, 0.1) is 14.2 Å². The quantitative estimate of drug-likeness (QED) is 0.760. The van der Waals surface area contributed by atoms with Crippen LogP contribution in [0.15, 0.2) is 16.6 Å². The zero-order valence-electron chi connectivity index (χ0n) is 12.6. The van der Waals surface area contributed by atoms with Gasteiger partial charge in [-0.05, 0) is 17.9 Å². The molecule has 0 aromatic heterocycles. The summed E-state index contributed by atoms with van der Waals surface area (Å²) in [4.78, 5) is 0. The van der Waals surface area contributed by atoms with Gasteiger partial charge in [0, 0.05) is 35.8 Å². The molecule has 0 bridgehead atoms. The second-order valence-corrected chi connectivity index (χ2v) is 6.39. The fourth-order valence-corrected chi connectivity index (χ4v) is 2.54. The number of aliphatic hydroxyl groups excluding tert-OH is 1. The van der Waals surface area contributed by atoms with Gasteiger partial charge in [0.25, 0.3) is 0 Å². The largest absolute Gasteiger partial charge is 0.497 e. The van der Waals surface area contributed by atoms with Crippen LogP contribution in [0, 0.1) is 5.41 Å². The number of hydrogen-bond acceptors (Lipinski definition) is 4. The van der Waals surface area contributed by atoms with E-state index in [1.165, 1.54) is 0 Å². The predicted octanol–water partition coefficient (Wildman–Crippen LogP) is 2.96. The summed E-state index contributed by atoms with van der Waals surface area (Å²) in [5.41, 5.74) is 1.13. The standard InChI is InChI=1S/C15H24BrNO3/c1-15(2,5-6-18)10-17-9-12-13(16)7-11(19-3)8-14(12)20-4/h7-8,17-18H,5-6,9-10H2,1-4H3. The molecule has 0 atom stereocenters. The molecule has 2 N–H and O–H groups in total. The monoisotopic (exact) mass is 345 g/mol. The highest BCUT2D eigenvalue weighted by Gasteiger charge is 2.17. The van der Waals surface area contributed by atoms with Gasteiger partial charge in [-0.25, -0.2) is 0 Å². The van der Waals surface area contributed by atoms with E-state index in [4.69, 9.17) is 14.6 Å². The van der Waals surface area contributed by atoms with Gasteiger partial charge < -0.3 is 19.9 Å². The van der Waals surface area contributed by atoms with E-state index in [2.05, 4.69) is 35.1 Å². The summed E-state index contributed by atoms with van der Waals surface area (Å²) in [5, 5.41) is 12.5. The van der Waals surface area contributed by atoms with E-state index in [0.29, 0.717) is 6.54 Å². The number of methoxy groups -OCH3 is 2. The molecule has 5 heteroatoms. The van der Waals surface area contributed by atoms with Crippen LogP contribution in [0.5, 0.6) is 11.5 Å². The van der Waals surface area contributed by atoms with Crippen molar-refractivity contribution in [1.82, 2.24) is 5.32 Å². The van der Waals surface area contributed by atoms with Crippen molar-refractivity contribution in [3.63, 3.8) is 0 Å². The van der Waals surface area contributed by atoms with E-state index in [9.17, 15) is 0 Å². The maximum Gasteiger partial charge on any atom is 0.128 e. The average molecular weight is 346 g/mol. The Labute approximate surface area is 129 Å². The van der Waals surface area contributed by atoms with Crippen molar-refractivity contribution in [2.45, 2.75) is 26.8 Å². The summed E-state index contributed by atoms with van der Waals surface area (Å²) in [6.45, 7) is 6.01. The highest BCUT2D eigenvalue weighted by molar-refractivity contribution is 9.10. The molecule has 114 valence electrons. The number of benzene rings is 1. The minimum absolute atomic E-state index is 0.0704. The number of nitrogens with one attached hydrogen (secondary N) is 1. The first-order valence-electron chi connectivity index (χ1n) is 6.65. The second kappa shape index (κ2) is 7.86. The fraction of sp³-hybridized carbons (Fsp3) is 0.600. The van der Waals surface area contributed by atoms with Crippen LogP contribution in [-0.2, 0) is 6.54 Å². The Morgan fingerprint density at radius 1 is 1.25 bits per heavy atom. The van der Waals surface area contributed by atoms with Crippen LogP contribution in [0.25, 0.3) is 0 Å². The van der Waals surface area contributed by atoms with Crippen LogP contribution < -0.4 is 14.8 Å². The molecule has 0 aliphatic rings. The first-order chi connectivity index (χ1) is 9.43. The molecular formula is C15H24BrNO3. The Hall–Kier alpha value is -0.780. The van der Waals surface area contributed by atoms with Gasteiger partial charge in [-0.15, -0.1) is 0 Å². The lowest BCUT2D eigenvalue weighted by Crippen LogP contribution is -2.30. The third kappa shape index (κ3) is 4.96. The van der Waals surface area contributed by atoms with Crippen LogP contribution in [0.1, 0.15) is 25.8 Å². The van der Waals surface area contributed by atoms with Crippen LogP contribution in [0.3, 0.4) is 0 Å². The van der Waals surface area contributed by atoms with Gasteiger partial charge >= 0.3 is 0 Å².